The number of nitrogens with zero attached hydrogens (tertiary/aromatic N) is 1. The monoisotopic (exact) mass is 256 g/mol. The standard InChI is InChI=1S/C12H17ClN2O2/c13-10-2-1-9(12(14)5-10)6-15-3-4-17-11(7-15)8-16/h1-2,5,11,16H,3-4,6-8,14H2. The van der Waals surface area contributed by atoms with Crippen molar-refractivity contribution in [3.05, 3.63) is 28.8 Å². The van der Waals surface area contributed by atoms with Crippen molar-refractivity contribution in [1.82, 2.24) is 4.90 Å². The highest BCUT2D eigenvalue weighted by Gasteiger charge is 2.20. The third-order valence-corrected chi connectivity index (χ3v) is 3.16. The molecule has 1 saturated heterocycles. The van der Waals surface area contributed by atoms with Gasteiger partial charge in [0.2, 0.25) is 0 Å². The van der Waals surface area contributed by atoms with E-state index in [0.29, 0.717) is 17.3 Å². The molecule has 1 aromatic rings. The van der Waals surface area contributed by atoms with Gasteiger partial charge < -0.3 is 15.6 Å². The minimum atomic E-state index is -0.0859. The van der Waals surface area contributed by atoms with Gasteiger partial charge in [0.1, 0.15) is 0 Å². The lowest BCUT2D eigenvalue weighted by Crippen LogP contribution is -2.43. The van der Waals surface area contributed by atoms with Gasteiger partial charge >= 0.3 is 0 Å². The van der Waals surface area contributed by atoms with E-state index in [2.05, 4.69) is 4.90 Å². The first-order valence-corrected chi connectivity index (χ1v) is 6.05. The van der Waals surface area contributed by atoms with E-state index in [1.165, 1.54) is 0 Å². The second kappa shape index (κ2) is 5.69. The molecule has 3 N–H and O–H groups in total. The van der Waals surface area contributed by atoms with Crippen LogP contribution in [0.4, 0.5) is 5.69 Å². The van der Waals surface area contributed by atoms with Gasteiger partial charge in [-0.15, -0.1) is 0 Å². The third-order valence-electron chi connectivity index (χ3n) is 2.93. The molecule has 5 heteroatoms. The molecule has 2 rings (SSSR count). The van der Waals surface area contributed by atoms with Gasteiger partial charge in [-0.25, -0.2) is 0 Å². The van der Waals surface area contributed by atoms with Crippen LogP contribution in [0.15, 0.2) is 18.2 Å². The van der Waals surface area contributed by atoms with E-state index in [1.807, 2.05) is 12.1 Å². The lowest BCUT2D eigenvalue weighted by atomic mass is 10.1. The molecular weight excluding hydrogens is 240 g/mol. The zero-order valence-electron chi connectivity index (χ0n) is 9.60. The van der Waals surface area contributed by atoms with Gasteiger partial charge in [-0.05, 0) is 17.7 Å². The Bertz CT molecular complexity index is 387. The summed E-state index contributed by atoms with van der Waals surface area (Å²) in [4.78, 5) is 2.23. The van der Waals surface area contributed by atoms with E-state index in [1.54, 1.807) is 6.07 Å². The van der Waals surface area contributed by atoms with E-state index in [0.717, 1.165) is 25.2 Å². The van der Waals surface area contributed by atoms with E-state index in [-0.39, 0.29) is 12.7 Å². The van der Waals surface area contributed by atoms with Gasteiger partial charge in [0.15, 0.2) is 0 Å². The van der Waals surface area contributed by atoms with Crippen LogP contribution in [-0.2, 0) is 11.3 Å². The second-order valence-corrected chi connectivity index (χ2v) is 4.69. The van der Waals surface area contributed by atoms with Gasteiger partial charge in [-0.2, -0.15) is 0 Å². The molecule has 1 unspecified atom stereocenters. The molecule has 0 aliphatic carbocycles. The molecular formula is C12H17ClN2O2. The fraction of sp³-hybridized carbons (Fsp3) is 0.500. The highest BCUT2D eigenvalue weighted by Crippen LogP contribution is 2.20. The maximum Gasteiger partial charge on any atom is 0.0933 e. The largest absolute Gasteiger partial charge is 0.398 e. The van der Waals surface area contributed by atoms with Crippen LogP contribution >= 0.6 is 11.6 Å². The van der Waals surface area contributed by atoms with Crippen LogP contribution in [0.1, 0.15) is 5.56 Å². The topological polar surface area (TPSA) is 58.7 Å². The zero-order chi connectivity index (χ0) is 12.3. The number of aliphatic hydroxyl groups is 1. The Morgan fingerprint density at radius 2 is 2.35 bits per heavy atom. The first-order valence-electron chi connectivity index (χ1n) is 5.68. The fourth-order valence-electron chi connectivity index (χ4n) is 1.99. The average molecular weight is 257 g/mol. The second-order valence-electron chi connectivity index (χ2n) is 4.25. The molecule has 0 spiro atoms. The first-order chi connectivity index (χ1) is 8.19. The van der Waals surface area contributed by atoms with Crippen molar-refractivity contribution >= 4 is 17.3 Å². The highest BCUT2D eigenvalue weighted by atomic mass is 35.5. The lowest BCUT2D eigenvalue weighted by Gasteiger charge is -2.32. The number of nitrogen functional groups attached to an aromatic ring is 1. The van der Waals surface area contributed by atoms with Gasteiger partial charge in [-0.3, -0.25) is 4.90 Å². The number of rotatable bonds is 3. The molecule has 0 aromatic heterocycles. The molecule has 0 saturated carbocycles. The molecule has 4 nitrogen and oxygen atoms in total. The quantitative estimate of drug-likeness (QED) is 0.796. The molecule has 94 valence electrons. The van der Waals surface area contributed by atoms with Gasteiger partial charge in [0.25, 0.3) is 0 Å². The van der Waals surface area contributed by atoms with E-state index < -0.39 is 0 Å². The van der Waals surface area contributed by atoms with Crippen molar-refractivity contribution in [1.29, 1.82) is 0 Å². The van der Waals surface area contributed by atoms with Crippen LogP contribution < -0.4 is 5.73 Å². The number of ether oxygens (including phenoxy) is 1. The van der Waals surface area contributed by atoms with Crippen LogP contribution in [0, 0.1) is 0 Å². The summed E-state index contributed by atoms with van der Waals surface area (Å²) in [5.74, 6) is 0. The summed E-state index contributed by atoms with van der Waals surface area (Å²) in [6, 6.07) is 5.55. The normalized spacial score (nSPS) is 21.6. The average Bonchev–Trinajstić information content (AvgIpc) is 2.33. The molecule has 1 fully saturated rings. The van der Waals surface area contributed by atoms with Crippen molar-refractivity contribution in [3.8, 4) is 0 Å². The third kappa shape index (κ3) is 3.33. The minimum absolute atomic E-state index is 0.0621. The Labute approximate surface area is 106 Å². The highest BCUT2D eigenvalue weighted by molar-refractivity contribution is 6.30. The van der Waals surface area contributed by atoms with Crippen LogP contribution in [0.2, 0.25) is 5.02 Å². The van der Waals surface area contributed by atoms with Crippen LogP contribution in [-0.4, -0.2) is 42.4 Å². The predicted molar refractivity (Wildman–Crippen MR) is 68.0 cm³/mol. The molecule has 1 aliphatic heterocycles. The number of benzene rings is 1. The van der Waals surface area contributed by atoms with Crippen LogP contribution in [0.25, 0.3) is 0 Å². The molecule has 0 bridgehead atoms. The molecule has 1 aromatic carbocycles. The Morgan fingerprint density at radius 3 is 3.06 bits per heavy atom. The number of morpholine rings is 1. The van der Waals surface area contributed by atoms with E-state index in [4.69, 9.17) is 27.2 Å². The Morgan fingerprint density at radius 1 is 1.53 bits per heavy atom. The lowest BCUT2D eigenvalue weighted by molar-refractivity contribution is -0.0550. The number of anilines is 1. The van der Waals surface area contributed by atoms with Gasteiger partial charge in [0, 0.05) is 30.3 Å². The summed E-state index contributed by atoms with van der Waals surface area (Å²) in [6.45, 7) is 3.07. The molecule has 1 aliphatic rings. The summed E-state index contributed by atoms with van der Waals surface area (Å²) in [5, 5.41) is 9.73. The predicted octanol–water partition coefficient (Wildman–Crippen LogP) is 1.12. The molecule has 0 radical (unpaired) electrons. The number of nitrogens with two attached hydrogens (primary N) is 1. The fourth-order valence-corrected chi connectivity index (χ4v) is 2.17. The molecule has 17 heavy (non-hydrogen) atoms. The minimum Gasteiger partial charge on any atom is -0.398 e. The number of hydrogen-bond donors (Lipinski definition) is 2. The van der Waals surface area contributed by atoms with Crippen molar-refractivity contribution in [2.24, 2.45) is 0 Å². The van der Waals surface area contributed by atoms with Crippen LogP contribution in [0.3, 0.4) is 0 Å². The summed E-state index contributed by atoms with van der Waals surface area (Å²) in [7, 11) is 0. The summed E-state index contributed by atoms with van der Waals surface area (Å²) in [5.41, 5.74) is 7.69. The first kappa shape index (κ1) is 12.6. The zero-order valence-corrected chi connectivity index (χ0v) is 10.4. The maximum atomic E-state index is 9.07. The number of aliphatic hydroxyl groups excluding tert-OH is 1. The molecule has 1 atom stereocenters. The molecule has 1 heterocycles. The van der Waals surface area contributed by atoms with Crippen molar-refractivity contribution in [2.45, 2.75) is 12.6 Å². The molecule has 0 amide bonds. The van der Waals surface area contributed by atoms with Crippen molar-refractivity contribution in [2.75, 3.05) is 32.0 Å². The Hall–Kier alpha value is -0.810. The van der Waals surface area contributed by atoms with Crippen molar-refractivity contribution < 1.29 is 9.84 Å². The number of hydrogen-bond acceptors (Lipinski definition) is 4. The summed E-state index contributed by atoms with van der Waals surface area (Å²) >= 11 is 5.86. The van der Waals surface area contributed by atoms with Gasteiger partial charge in [-0.1, -0.05) is 17.7 Å². The SMILES string of the molecule is Nc1cc(Cl)ccc1CN1CCOC(CO)C1. The summed E-state index contributed by atoms with van der Waals surface area (Å²) in [6.07, 6.45) is -0.0859. The Kier molecular flexibility index (Phi) is 4.23. The van der Waals surface area contributed by atoms with Gasteiger partial charge in [0.05, 0.1) is 19.3 Å². The van der Waals surface area contributed by atoms with E-state index >= 15 is 0 Å². The van der Waals surface area contributed by atoms with Crippen LogP contribution in [0.5, 0.6) is 0 Å². The van der Waals surface area contributed by atoms with Crippen molar-refractivity contribution in [3.63, 3.8) is 0 Å². The summed E-state index contributed by atoms with van der Waals surface area (Å²) < 4.78 is 5.40. The number of halogens is 1. The van der Waals surface area contributed by atoms with E-state index in [9.17, 15) is 0 Å². The maximum absolute atomic E-state index is 9.07. The Balaban J connectivity index is 2.00. The smallest absolute Gasteiger partial charge is 0.0933 e.